The van der Waals surface area contributed by atoms with Crippen molar-refractivity contribution in [3.63, 3.8) is 0 Å². The molecule has 0 aliphatic carbocycles. The Morgan fingerprint density at radius 1 is 0.831 bits per heavy atom. The molecule has 12 heteroatoms. The van der Waals surface area contributed by atoms with Gasteiger partial charge in [0.05, 0.1) is 0 Å². The standard InChI is InChI=1S/C53H68O10SeSi/c1-52(2,3)65(6,7)61-39-46-44(29-20-31-57-46)62-51(64-43-27-18-11-19-28-43)34-49(60-37-42-25-16-10-17-26-42)53(4)48(58-32-30-50(54)55-5)33-45(59-36-41-23-14-9-15-24-41)47(63-53)38-56-35-40-21-12-8-13-22-40/h8-30,32,44-49,51H,31,33-39H2,1-7H3/b32-30+/t44-,45-,46+,47+,48+,49+,51-,53+/m0/s1. The van der Waals surface area contributed by atoms with E-state index in [2.05, 4.69) is 76.3 Å². The van der Waals surface area contributed by atoms with Crippen LogP contribution in [0.15, 0.2) is 146 Å². The number of ether oxygens (including phenoxy) is 8. The molecule has 0 bridgehead atoms. The Kier molecular flexibility index (Phi) is 19.2. The first-order valence-electron chi connectivity index (χ1n) is 22.6. The van der Waals surface area contributed by atoms with Gasteiger partial charge in [-0.2, -0.15) is 0 Å². The van der Waals surface area contributed by atoms with E-state index in [1.54, 1.807) is 0 Å². The Morgan fingerprint density at radius 2 is 1.43 bits per heavy atom. The predicted octanol–water partition coefficient (Wildman–Crippen LogP) is 9.10. The molecule has 1 fully saturated rings. The molecular formula is C53H68O10SeSi. The molecule has 4 aromatic rings. The molecule has 6 rings (SSSR count). The van der Waals surface area contributed by atoms with E-state index in [-0.39, 0.29) is 43.8 Å². The maximum absolute atomic E-state index is 12.4. The van der Waals surface area contributed by atoms with E-state index in [0.29, 0.717) is 45.9 Å². The molecule has 0 amide bonds. The van der Waals surface area contributed by atoms with Crippen LogP contribution in [0.25, 0.3) is 0 Å². The topological polar surface area (TPSA) is 100 Å². The zero-order valence-corrected chi connectivity index (χ0v) is 41.8. The normalized spacial score (nSPS) is 23.5. The van der Waals surface area contributed by atoms with Crippen molar-refractivity contribution in [3.05, 3.63) is 163 Å². The molecule has 0 radical (unpaired) electrons. The summed E-state index contributed by atoms with van der Waals surface area (Å²) >= 11 is -0.169. The van der Waals surface area contributed by atoms with Gasteiger partial charge in [-0.1, -0.05) is 12.1 Å². The summed E-state index contributed by atoms with van der Waals surface area (Å²) in [5.41, 5.74) is 2.00. The van der Waals surface area contributed by atoms with Crippen molar-refractivity contribution in [3.8, 4) is 0 Å². The molecule has 10 nitrogen and oxygen atoms in total. The summed E-state index contributed by atoms with van der Waals surface area (Å²) in [6, 6.07) is 40.8. The van der Waals surface area contributed by atoms with Gasteiger partial charge in [0.15, 0.2) is 0 Å². The molecule has 2 aliphatic rings. The average Bonchev–Trinajstić information content (AvgIpc) is 3.31. The van der Waals surface area contributed by atoms with E-state index in [9.17, 15) is 4.79 Å². The van der Waals surface area contributed by atoms with Gasteiger partial charge in [0, 0.05) is 0 Å². The average molecular weight is 972 g/mol. The van der Waals surface area contributed by atoms with Gasteiger partial charge in [-0.15, -0.1) is 0 Å². The molecule has 4 aromatic carbocycles. The third-order valence-electron chi connectivity index (χ3n) is 12.4. The van der Waals surface area contributed by atoms with Crippen LogP contribution in [0.2, 0.25) is 18.1 Å². The van der Waals surface area contributed by atoms with Crippen LogP contribution in [0.4, 0.5) is 0 Å². The van der Waals surface area contributed by atoms with Crippen LogP contribution >= 0.6 is 0 Å². The molecule has 2 heterocycles. The number of hydrogen-bond acceptors (Lipinski definition) is 10. The Balaban J connectivity index is 1.36. The van der Waals surface area contributed by atoms with Gasteiger partial charge in [-0.25, -0.2) is 0 Å². The number of methoxy groups -OCH3 is 1. The summed E-state index contributed by atoms with van der Waals surface area (Å²) in [5, 5.41) is -0.254. The van der Waals surface area contributed by atoms with Gasteiger partial charge in [-0.3, -0.25) is 0 Å². The Hall–Kier alpha value is -3.91. The molecule has 8 atom stereocenters. The first-order chi connectivity index (χ1) is 31.3. The van der Waals surface area contributed by atoms with Gasteiger partial charge in [0.1, 0.15) is 0 Å². The van der Waals surface area contributed by atoms with Crippen molar-refractivity contribution >= 4 is 33.7 Å². The van der Waals surface area contributed by atoms with Crippen LogP contribution in [0, 0.1) is 0 Å². The summed E-state index contributed by atoms with van der Waals surface area (Å²) in [7, 11) is -0.738. The quantitative estimate of drug-likeness (QED) is 0.0236. The van der Waals surface area contributed by atoms with Crippen molar-refractivity contribution in [1.82, 2.24) is 0 Å². The zero-order chi connectivity index (χ0) is 46.1. The number of carbonyl (C=O) groups is 1. The Labute approximate surface area is 394 Å². The van der Waals surface area contributed by atoms with E-state index in [4.69, 9.17) is 42.3 Å². The molecule has 1 saturated heterocycles. The molecule has 0 aromatic heterocycles. The Morgan fingerprint density at radius 3 is 2.05 bits per heavy atom. The van der Waals surface area contributed by atoms with Gasteiger partial charge in [0.2, 0.25) is 0 Å². The SMILES string of the molecule is COC(=O)/C=C/O[C@@H]1C[C@H](OCc2ccccc2)[C@@H](COCc2ccccc2)O[C@@]1(C)[C@@H](C[C@@H](O[C@H]1C=CCO[C@@H]1CO[Si](C)(C)C(C)(C)C)[Se]c1ccccc1)OCc1ccccc1. The van der Waals surface area contributed by atoms with Crippen molar-refractivity contribution in [2.24, 2.45) is 0 Å². The van der Waals surface area contributed by atoms with Crippen molar-refractivity contribution in [2.75, 3.05) is 26.9 Å². The van der Waals surface area contributed by atoms with E-state index >= 15 is 0 Å². The van der Waals surface area contributed by atoms with Crippen molar-refractivity contribution in [2.45, 2.75) is 126 Å². The zero-order valence-electron chi connectivity index (χ0n) is 39.0. The summed E-state index contributed by atoms with van der Waals surface area (Å²) < 4.78 is 60.7. The van der Waals surface area contributed by atoms with Gasteiger partial charge in [0.25, 0.3) is 0 Å². The molecule has 350 valence electrons. The number of rotatable bonds is 23. The molecular weight excluding hydrogens is 904 g/mol. The van der Waals surface area contributed by atoms with Crippen LogP contribution in [-0.2, 0) is 66.9 Å². The van der Waals surface area contributed by atoms with Crippen LogP contribution in [0.1, 0.15) is 57.2 Å². The third-order valence-corrected chi connectivity index (χ3v) is 19.3. The number of hydrogen-bond donors (Lipinski definition) is 0. The Bertz CT molecular complexity index is 2050. The maximum atomic E-state index is 12.4. The van der Waals surface area contributed by atoms with Gasteiger partial charge in [-0.05, 0) is 0 Å². The summed E-state index contributed by atoms with van der Waals surface area (Å²) in [6.07, 6.45) is 4.88. The van der Waals surface area contributed by atoms with E-state index in [1.165, 1.54) is 23.9 Å². The summed E-state index contributed by atoms with van der Waals surface area (Å²) in [5.74, 6) is -0.529. The monoisotopic (exact) mass is 972 g/mol. The molecule has 65 heavy (non-hydrogen) atoms. The second-order valence-electron chi connectivity index (χ2n) is 18.2. The predicted molar refractivity (Wildman–Crippen MR) is 257 cm³/mol. The fourth-order valence-corrected chi connectivity index (χ4v) is 10.8. The third kappa shape index (κ3) is 15.3. The van der Waals surface area contributed by atoms with E-state index in [1.807, 2.05) is 97.9 Å². The number of esters is 1. The number of carbonyl (C=O) groups excluding carboxylic acids is 1. The van der Waals surface area contributed by atoms with Crippen molar-refractivity contribution in [1.29, 1.82) is 0 Å². The van der Waals surface area contributed by atoms with Crippen LogP contribution in [0.5, 0.6) is 0 Å². The minimum atomic E-state index is -2.08. The van der Waals surface area contributed by atoms with Crippen LogP contribution in [-0.4, -0.2) is 103 Å². The first kappa shape index (κ1) is 50.5. The van der Waals surface area contributed by atoms with Gasteiger partial charge < -0.3 is 0 Å². The number of benzene rings is 4. The fraction of sp³-hybridized carbons (Fsp3) is 0.453. The second-order valence-corrected chi connectivity index (χ2v) is 25.6. The van der Waals surface area contributed by atoms with E-state index < -0.39 is 44.3 Å². The molecule has 0 unspecified atom stereocenters. The fourth-order valence-electron chi connectivity index (χ4n) is 7.51. The second kappa shape index (κ2) is 24.7. The minimum absolute atomic E-state index is 0.0479. The molecule has 0 spiro atoms. The molecule has 2 aliphatic heterocycles. The molecule has 0 N–H and O–H groups in total. The van der Waals surface area contributed by atoms with Crippen LogP contribution < -0.4 is 4.46 Å². The summed E-state index contributed by atoms with van der Waals surface area (Å²) in [4.78, 5) is 12.4. The van der Waals surface area contributed by atoms with E-state index in [0.717, 1.165) is 16.7 Å². The summed E-state index contributed by atoms with van der Waals surface area (Å²) in [6.45, 7) is 15.6. The van der Waals surface area contributed by atoms with Crippen LogP contribution in [0.3, 0.4) is 0 Å². The molecule has 0 saturated carbocycles. The van der Waals surface area contributed by atoms with Gasteiger partial charge >= 0.3 is 384 Å². The van der Waals surface area contributed by atoms with Crippen molar-refractivity contribution < 1.29 is 47.1 Å². The first-order valence-corrected chi connectivity index (χ1v) is 27.4.